The van der Waals surface area contributed by atoms with E-state index in [0.717, 1.165) is 11.3 Å². The highest BCUT2D eigenvalue weighted by atomic mass is 32.2. The molecule has 1 aliphatic heterocycles. The third-order valence-electron chi connectivity index (χ3n) is 3.04. The van der Waals surface area contributed by atoms with E-state index in [1.165, 1.54) is 6.26 Å². The summed E-state index contributed by atoms with van der Waals surface area (Å²) >= 11 is 0. The van der Waals surface area contributed by atoms with Crippen molar-refractivity contribution in [3.63, 3.8) is 0 Å². The summed E-state index contributed by atoms with van der Waals surface area (Å²) in [6, 6.07) is 5.95. The molecule has 1 unspecified atom stereocenters. The molecule has 0 aliphatic carbocycles. The predicted octanol–water partition coefficient (Wildman–Crippen LogP) is 1.15. The highest BCUT2D eigenvalue weighted by Gasteiger charge is 2.22. The first-order valence-electron chi connectivity index (χ1n) is 6.24. The van der Waals surface area contributed by atoms with Gasteiger partial charge in [0.2, 0.25) is 0 Å². The third kappa shape index (κ3) is 3.84. The molecular formula is C13H19NO4S. The lowest BCUT2D eigenvalue weighted by molar-refractivity contribution is 0.306. The van der Waals surface area contributed by atoms with Crippen LogP contribution >= 0.6 is 0 Å². The van der Waals surface area contributed by atoms with Crippen LogP contribution in [0.3, 0.4) is 0 Å². The fourth-order valence-corrected chi connectivity index (χ4v) is 2.67. The van der Waals surface area contributed by atoms with E-state index in [0.29, 0.717) is 25.4 Å². The van der Waals surface area contributed by atoms with E-state index in [2.05, 4.69) is 5.32 Å². The number of hydrogen-bond donors (Lipinski definition) is 1. The Morgan fingerprint density at radius 2 is 2.26 bits per heavy atom. The molecule has 1 N–H and O–H groups in total. The number of rotatable bonds is 6. The van der Waals surface area contributed by atoms with Gasteiger partial charge in [-0.25, -0.2) is 8.42 Å². The largest absolute Gasteiger partial charge is 0.493 e. The lowest BCUT2D eigenvalue weighted by atomic mass is 10.1. The van der Waals surface area contributed by atoms with E-state index >= 15 is 0 Å². The van der Waals surface area contributed by atoms with Gasteiger partial charge in [-0.2, -0.15) is 0 Å². The molecule has 0 fully saturated rings. The van der Waals surface area contributed by atoms with Crippen LogP contribution in [0.2, 0.25) is 0 Å². The molecule has 106 valence electrons. The molecule has 0 bridgehead atoms. The van der Waals surface area contributed by atoms with Gasteiger partial charge in [-0.15, -0.1) is 0 Å². The zero-order chi connectivity index (χ0) is 13.9. The van der Waals surface area contributed by atoms with Crippen LogP contribution < -0.4 is 14.8 Å². The number of hydrogen-bond acceptors (Lipinski definition) is 5. The summed E-state index contributed by atoms with van der Waals surface area (Å²) in [7, 11) is -1.01. The Labute approximate surface area is 113 Å². The third-order valence-corrected chi connectivity index (χ3v) is 4.07. The summed E-state index contributed by atoms with van der Waals surface area (Å²) in [4.78, 5) is 0. The Kier molecular flexibility index (Phi) is 4.31. The number of nitrogens with one attached hydrogen (secondary N) is 1. The molecule has 2 rings (SSSR count). The number of ether oxygens (including phenoxy) is 2. The molecule has 1 heterocycles. The molecule has 0 saturated heterocycles. The fraction of sp³-hybridized carbons (Fsp3) is 0.538. The minimum Gasteiger partial charge on any atom is -0.493 e. The van der Waals surface area contributed by atoms with Gasteiger partial charge in [0, 0.05) is 17.9 Å². The van der Waals surface area contributed by atoms with Crippen molar-refractivity contribution in [3.05, 3.63) is 23.8 Å². The second-order valence-corrected chi connectivity index (χ2v) is 6.94. The number of likely N-dealkylation sites (N-methyl/N-ethyl adjacent to an activating group) is 1. The van der Waals surface area contributed by atoms with Crippen LogP contribution in [0, 0.1) is 0 Å². The van der Waals surface area contributed by atoms with Crippen molar-refractivity contribution in [2.24, 2.45) is 0 Å². The highest BCUT2D eigenvalue weighted by Crippen LogP contribution is 2.34. The van der Waals surface area contributed by atoms with Crippen LogP contribution in [0.5, 0.6) is 11.5 Å². The van der Waals surface area contributed by atoms with Crippen molar-refractivity contribution in [3.8, 4) is 11.5 Å². The molecule has 0 spiro atoms. The van der Waals surface area contributed by atoms with E-state index in [-0.39, 0.29) is 11.8 Å². The van der Waals surface area contributed by atoms with E-state index < -0.39 is 9.84 Å². The van der Waals surface area contributed by atoms with Crippen LogP contribution in [0.25, 0.3) is 0 Å². The van der Waals surface area contributed by atoms with Gasteiger partial charge in [0.15, 0.2) is 0 Å². The van der Waals surface area contributed by atoms with E-state index in [1.54, 1.807) is 0 Å². The molecule has 0 amide bonds. The van der Waals surface area contributed by atoms with Crippen molar-refractivity contribution < 1.29 is 17.9 Å². The highest BCUT2D eigenvalue weighted by molar-refractivity contribution is 7.90. The second-order valence-electron chi connectivity index (χ2n) is 4.68. The molecule has 19 heavy (non-hydrogen) atoms. The first-order chi connectivity index (χ1) is 8.99. The fourth-order valence-electron chi connectivity index (χ4n) is 2.03. The Morgan fingerprint density at radius 1 is 1.47 bits per heavy atom. The summed E-state index contributed by atoms with van der Waals surface area (Å²) in [6.45, 7) is 1.02. The molecule has 0 aromatic heterocycles. The van der Waals surface area contributed by atoms with Gasteiger partial charge in [0.25, 0.3) is 0 Å². The van der Waals surface area contributed by atoms with Crippen molar-refractivity contribution in [1.82, 2.24) is 5.32 Å². The number of sulfone groups is 1. The topological polar surface area (TPSA) is 64.6 Å². The summed E-state index contributed by atoms with van der Waals surface area (Å²) in [5.74, 6) is 1.69. The van der Waals surface area contributed by atoms with Gasteiger partial charge in [0.05, 0.1) is 18.4 Å². The van der Waals surface area contributed by atoms with Crippen LogP contribution in [0.15, 0.2) is 18.2 Å². The minimum atomic E-state index is -2.91. The van der Waals surface area contributed by atoms with E-state index in [1.807, 2.05) is 25.2 Å². The molecular weight excluding hydrogens is 266 g/mol. The van der Waals surface area contributed by atoms with Crippen molar-refractivity contribution in [2.45, 2.75) is 12.5 Å². The maximum absolute atomic E-state index is 11.0. The Morgan fingerprint density at radius 3 is 2.95 bits per heavy atom. The van der Waals surface area contributed by atoms with Gasteiger partial charge in [-0.05, 0) is 25.6 Å². The van der Waals surface area contributed by atoms with Crippen molar-refractivity contribution in [1.29, 1.82) is 0 Å². The maximum Gasteiger partial charge on any atom is 0.147 e. The molecule has 1 aliphatic rings. The molecule has 0 radical (unpaired) electrons. The van der Waals surface area contributed by atoms with Crippen molar-refractivity contribution in [2.75, 3.05) is 32.3 Å². The Balaban J connectivity index is 1.89. The summed E-state index contributed by atoms with van der Waals surface area (Å²) in [5, 5.41) is 3.18. The molecule has 5 nitrogen and oxygen atoms in total. The quantitative estimate of drug-likeness (QED) is 0.794. The number of fused-ring (bicyclic) bond motifs is 1. The van der Waals surface area contributed by atoms with Gasteiger partial charge in [0.1, 0.15) is 27.9 Å². The first kappa shape index (κ1) is 14.1. The van der Waals surface area contributed by atoms with Crippen LogP contribution in [-0.4, -0.2) is 40.7 Å². The molecule has 1 atom stereocenters. The zero-order valence-electron chi connectivity index (χ0n) is 11.2. The zero-order valence-corrected chi connectivity index (χ0v) is 12.0. The smallest absolute Gasteiger partial charge is 0.147 e. The van der Waals surface area contributed by atoms with Gasteiger partial charge in [-0.3, -0.25) is 0 Å². The molecule has 1 aromatic rings. The predicted molar refractivity (Wildman–Crippen MR) is 73.6 cm³/mol. The van der Waals surface area contributed by atoms with Crippen molar-refractivity contribution >= 4 is 9.84 Å². The SMILES string of the molecule is CNC1COc2cc(OCCCS(C)(=O)=O)ccc21. The van der Waals surface area contributed by atoms with Gasteiger partial charge in [-0.1, -0.05) is 0 Å². The summed E-state index contributed by atoms with van der Waals surface area (Å²) < 4.78 is 33.1. The van der Waals surface area contributed by atoms with Gasteiger partial charge < -0.3 is 14.8 Å². The normalized spacial score (nSPS) is 17.9. The van der Waals surface area contributed by atoms with Gasteiger partial charge >= 0.3 is 0 Å². The Hall–Kier alpha value is -1.27. The molecule has 0 saturated carbocycles. The molecule has 1 aromatic carbocycles. The number of benzene rings is 1. The van der Waals surface area contributed by atoms with Crippen LogP contribution in [0.4, 0.5) is 0 Å². The summed E-state index contributed by atoms with van der Waals surface area (Å²) in [6.07, 6.45) is 1.73. The second kappa shape index (κ2) is 5.79. The lowest BCUT2D eigenvalue weighted by Crippen LogP contribution is -2.17. The monoisotopic (exact) mass is 285 g/mol. The average Bonchev–Trinajstić information content (AvgIpc) is 2.75. The van der Waals surface area contributed by atoms with E-state index in [4.69, 9.17) is 9.47 Å². The molecule has 6 heteroatoms. The van der Waals surface area contributed by atoms with Crippen LogP contribution in [0.1, 0.15) is 18.0 Å². The maximum atomic E-state index is 11.0. The van der Waals surface area contributed by atoms with Crippen LogP contribution in [-0.2, 0) is 9.84 Å². The summed E-state index contributed by atoms with van der Waals surface area (Å²) in [5.41, 5.74) is 1.13. The first-order valence-corrected chi connectivity index (χ1v) is 8.30. The Bertz CT molecular complexity index is 542. The average molecular weight is 285 g/mol. The van der Waals surface area contributed by atoms with E-state index in [9.17, 15) is 8.42 Å². The lowest BCUT2D eigenvalue weighted by Gasteiger charge is -2.08. The minimum absolute atomic E-state index is 0.149. The standard InChI is InChI=1S/C13H19NO4S/c1-14-12-9-18-13-8-10(4-5-11(12)13)17-6-3-7-19(2,15)16/h4-5,8,12,14H,3,6-7,9H2,1-2H3.